The molecule has 0 spiro atoms. The Hall–Kier alpha value is -2.48. The molecule has 0 radical (unpaired) electrons. The first-order valence-corrected chi connectivity index (χ1v) is 9.17. The Morgan fingerprint density at radius 1 is 0.760 bits per heavy atom. The van der Waals surface area contributed by atoms with Crippen LogP contribution in [-0.4, -0.2) is 12.4 Å². The first-order chi connectivity index (χ1) is 12.3. The fourth-order valence-corrected chi connectivity index (χ4v) is 2.54. The van der Waals surface area contributed by atoms with Crippen LogP contribution < -0.4 is 0 Å². The Morgan fingerprint density at radius 3 is 1.76 bits per heavy atom. The molecule has 0 unspecified atom stereocenters. The fraction of sp³-hybridized carbons (Fsp3) is 0.304. The minimum atomic E-state index is 1.07. The number of unbranched alkanes of at least 4 members (excludes halogenated alkanes) is 1. The van der Waals surface area contributed by atoms with Crippen molar-refractivity contribution in [3.63, 3.8) is 0 Å². The summed E-state index contributed by atoms with van der Waals surface area (Å²) in [6.07, 6.45) is 13.7. The highest BCUT2D eigenvalue weighted by molar-refractivity contribution is 5.82. The van der Waals surface area contributed by atoms with Gasteiger partial charge in [-0.3, -0.25) is 0 Å². The molecule has 2 heteroatoms. The number of hydrogen-bond donors (Lipinski definition) is 0. The number of benzene rings is 2. The van der Waals surface area contributed by atoms with Crippen LogP contribution in [0.1, 0.15) is 55.4 Å². The van der Waals surface area contributed by atoms with Gasteiger partial charge in [0.2, 0.25) is 0 Å². The third-order valence-electron chi connectivity index (χ3n) is 4.09. The lowest BCUT2D eigenvalue weighted by Crippen LogP contribution is -1.87. The topological polar surface area (TPSA) is 24.7 Å². The summed E-state index contributed by atoms with van der Waals surface area (Å²) >= 11 is 0. The van der Waals surface area contributed by atoms with Crippen LogP contribution in [0.2, 0.25) is 0 Å². The second-order valence-electron chi connectivity index (χ2n) is 6.18. The summed E-state index contributed by atoms with van der Waals surface area (Å²) in [5, 5.41) is 8.29. The summed E-state index contributed by atoms with van der Waals surface area (Å²) in [6.45, 7) is 4.28. The number of aryl methyl sites for hydroxylation is 2. The van der Waals surface area contributed by atoms with Crippen LogP contribution in [0.25, 0.3) is 0 Å². The normalized spacial score (nSPS) is 11.9. The van der Waals surface area contributed by atoms with Gasteiger partial charge in [-0.2, -0.15) is 10.2 Å². The highest BCUT2D eigenvalue weighted by Gasteiger charge is 1.93. The predicted molar refractivity (Wildman–Crippen MR) is 110 cm³/mol. The molecular weight excluding hydrogens is 304 g/mol. The van der Waals surface area contributed by atoms with Gasteiger partial charge in [0.1, 0.15) is 0 Å². The summed E-state index contributed by atoms with van der Waals surface area (Å²) in [4.78, 5) is 0. The van der Waals surface area contributed by atoms with Crippen molar-refractivity contribution in [3.05, 3.63) is 82.9 Å². The van der Waals surface area contributed by atoms with Gasteiger partial charge in [-0.15, -0.1) is 0 Å². The molecule has 0 aliphatic rings. The van der Waals surface area contributed by atoms with E-state index in [1.165, 1.54) is 24.0 Å². The van der Waals surface area contributed by atoms with E-state index in [9.17, 15) is 0 Å². The third-order valence-corrected chi connectivity index (χ3v) is 4.09. The van der Waals surface area contributed by atoms with Crippen LogP contribution in [0.4, 0.5) is 0 Å². The van der Waals surface area contributed by atoms with E-state index in [0.717, 1.165) is 30.4 Å². The van der Waals surface area contributed by atoms with Gasteiger partial charge in [-0.05, 0) is 54.9 Å². The van der Waals surface area contributed by atoms with E-state index in [4.69, 9.17) is 0 Å². The largest absolute Gasteiger partial charge is 0.159 e. The monoisotopic (exact) mass is 332 g/mol. The Balaban J connectivity index is 1.84. The second-order valence-corrected chi connectivity index (χ2v) is 6.18. The first kappa shape index (κ1) is 18.9. The number of allylic oxidation sites excluding steroid dienone is 2. The number of hydrogen-bond acceptors (Lipinski definition) is 2. The maximum Gasteiger partial charge on any atom is 0.0568 e. The molecule has 0 aliphatic carbocycles. The molecule has 0 saturated carbocycles. The van der Waals surface area contributed by atoms with E-state index < -0.39 is 0 Å². The van der Waals surface area contributed by atoms with Gasteiger partial charge >= 0.3 is 0 Å². The molecule has 0 bridgehead atoms. The summed E-state index contributed by atoms with van der Waals surface area (Å²) in [7, 11) is 0. The van der Waals surface area contributed by atoms with E-state index >= 15 is 0 Å². The van der Waals surface area contributed by atoms with Crippen molar-refractivity contribution in [2.45, 2.75) is 46.0 Å². The average molecular weight is 332 g/mol. The molecule has 0 aliphatic heterocycles. The van der Waals surface area contributed by atoms with Crippen LogP contribution in [-0.2, 0) is 12.8 Å². The SMILES string of the molecule is CC=CCCc1ccc(C=NN=Cc2ccc(CCCC)cc2)cc1. The Bertz CT molecular complexity index is 692. The van der Waals surface area contributed by atoms with E-state index in [1.807, 2.05) is 0 Å². The summed E-state index contributed by atoms with van der Waals surface area (Å²) in [5.41, 5.74) is 4.89. The zero-order valence-corrected chi connectivity index (χ0v) is 15.4. The standard InChI is InChI=1S/C23H28N2/c1-3-5-7-9-21-12-16-23(17-13-21)19-25-24-18-22-14-10-20(11-15-22)8-6-4-2/h3,5,10-19H,4,6-9H2,1-2H3. The second kappa shape index (κ2) is 11.1. The van der Waals surface area contributed by atoms with Crippen molar-refractivity contribution in [1.29, 1.82) is 0 Å². The van der Waals surface area contributed by atoms with Crippen molar-refractivity contribution in [2.75, 3.05) is 0 Å². The molecule has 0 saturated heterocycles. The Labute approximate surface area is 152 Å². The van der Waals surface area contributed by atoms with Crippen LogP contribution in [0, 0.1) is 0 Å². The van der Waals surface area contributed by atoms with E-state index in [2.05, 4.69) is 84.7 Å². The van der Waals surface area contributed by atoms with Gasteiger partial charge in [0.25, 0.3) is 0 Å². The predicted octanol–water partition coefficient (Wildman–Crippen LogP) is 5.99. The van der Waals surface area contributed by atoms with Gasteiger partial charge in [0.15, 0.2) is 0 Å². The van der Waals surface area contributed by atoms with Crippen LogP contribution in [0.5, 0.6) is 0 Å². The zero-order valence-electron chi connectivity index (χ0n) is 15.4. The summed E-state index contributed by atoms with van der Waals surface area (Å²) in [5.74, 6) is 0. The molecule has 2 aromatic carbocycles. The van der Waals surface area contributed by atoms with Gasteiger partial charge in [0, 0.05) is 0 Å². The maximum absolute atomic E-state index is 4.15. The van der Waals surface area contributed by atoms with Gasteiger partial charge in [-0.1, -0.05) is 74.0 Å². The highest BCUT2D eigenvalue weighted by atomic mass is 15.2. The minimum Gasteiger partial charge on any atom is -0.159 e. The van der Waals surface area contributed by atoms with Crippen LogP contribution in [0.3, 0.4) is 0 Å². The maximum atomic E-state index is 4.15. The molecule has 0 fully saturated rings. The Kier molecular flexibility index (Phi) is 8.40. The first-order valence-electron chi connectivity index (χ1n) is 9.17. The highest BCUT2D eigenvalue weighted by Crippen LogP contribution is 2.07. The molecule has 0 atom stereocenters. The number of rotatable bonds is 9. The van der Waals surface area contributed by atoms with E-state index in [-0.39, 0.29) is 0 Å². The fourth-order valence-electron chi connectivity index (χ4n) is 2.54. The molecular formula is C23H28N2. The molecule has 2 rings (SSSR count). The van der Waals surface area contributed by atoms with Crippen molar-refractivity contribution in [3.8, 4) is 0 Å². The minimum absolute atomic E-state index is 1.07. The van der Waals surface area contributed by atoms with E-state index in [1.54, 1.807) is 12.4 Å². The third kappa shape index (κ3) is 7.30. The molecule has 0 aromatic heterocycles. The lowest BCUT2D eigenvalue weighted by atomic mass is 10.1. The van der Waals surface area contributed by atoms with Crippen molar-refractivity contribution in [1.82, 2.24) is 0 Å². The number of nitrogens with zero attached hydrogens (tertiary/aromatic N) is 2. The molecule has 2 nitrogen and oxygen atoms in total. The summed E-state index contributed by atoms with van der Waals surface area (Å²) in [6, 6.07) is 17.0. The van der Waals surface area contributed by atoms with Gasteiger partial charge in [-0.25, -0.2) is 0 Å². The van der Waals surface area contributed by atoms with Gasteiger partial charge < -0.3 is 0 Å². The average Bonchev–Trinajstić information content (AvgIpc) is 2.66. The van der Waals surface area contributed by atoms with Gasteiger partial charge in [0.05, 0.1) is 12.4 Å². The Morgan fingerprint density at radius 2 is 1.28 bits per heavy atom. The summed E-state index contributed by atoms with van der Waals surface area (Å²) < 4.78 is 0. The lowest BCUT2D eigenvalue weighted by molar-refractivity contribution is 0.795. The lowest BCUT2D eigenvalue weighted by Gasteiger charge is -1.99. The molecule has 0 heterocycles. The molecule has 0 amide bonds. The molecule has 130 valence electrons. The molecule has 25 heavy (non-hydrogen) atoms. The van der Waals surface area contributed by atoms with Crippen molar-refractivity contribution in [2.24, 2.45) is 10.2 Å². The molecule has 2 aromatic rings. The molecule has 0 N–H and O–H groups in total. The van der Waals surface area contributed by atoms with Crippen LogP contribution >= 0.6 is 0 Å². The zero-order chi connectivity index (χ0) is 17.7. The van der Waals surface area contributed by atoms with Crippen LogP contribution in [0.15, 0.2) is 70.9 Å². The quantitative estimate of drug-likeness (QED) is 0.306. The van der Waals surface area contributed by atoms with Crippen molar-refractivity contribution >= 4 is 12.4 Å². The smallest absolute Gasteiger partial charge is 0.0568 e. The van der Waals surface area contributed by atoms with E-state index in [0.29, 0.717) is 0 Å². The van der Waals surface area contributed by atoms with Crippen molar-refractivity contribution < 1.29 is 0 Å².